The fourth-order valence-electron chi connectivity index (χ4n) is 5.79. The van der Waals surface area contributed by atoms with Crippen LogP contribution in [-0.2, 0) is 33.2 Å². The molecule has 1 aromatic rings. The predicted molar refractivity (Wildman–Crippen MR) is 191 cm³/mol. The number of ether oxygens (including phenoxy) is 7. The number of hydrogen-bond acceptors (Lipinski definition) is 10. The van der Waals surface area contributed by atoms with E-state index < -0.39 is 23.6 Å². The molecule has 2 saturated heterocycles. The summed E-state index contributed by atoms with van der Waals surface area (Å²) in [6.45, 7) is 8.87. The Kier molecular flexibility index (Phi) is 20.4. The largest absolute Gasteiger partial charge is 0.462 e. The molecule has 1 N–H and O–H groups in total. The normalized spacial score (nSPS) is 18.0. The summed E-state index contributed by atoms with van der Waals surface area (Å²) in [6, 6.07) is 4.42. The maximum Gasteiger partial charge on any atom is 0.412 e. The minimum Gasteiger partial charge on any atom is -0.462 e. The number of benzene rings is 1. The first-order chi connectivity index (χ1) is 24.2. The van der Waals surface area contributed by atoms with Crippen LogP contribution in [0.2, 0.25) is 0 Å². The van der Waals surface area contributed by atoms with Crippen LogP contribution >= 0.6 is 0 Å². The summed E-state index contributed by atoms with van der Waals surface area (Å²) >= 11 is 0. The fraction of sp³-hybridized carbons (Fsp3) is 0.769. The maximum atomic E-state index is 13.0. The molecule has 3 rings (SSSR count). The Morgan fingerprint density at radius 1 is 0.620 bits per heavy atom. The van der Waals surface area contributed by atoms with Gasteiger partial charge in [-0.15, -0.1) is 0 Å². The zero-order valence-corrected chi connectivity index (χ0v) is 30.9. The number of carbonyl (C=O) groups excluding carboxylic acids is 3. The van der Waals surface area contributed by atoms with E-state index in [1.807, 2.05) is 0 Å². The number of unbranched alkanes of at least 4 members (excludes halogenated alkanes) is 10. The Morgan fingerprint density at radius 2 is 1.04 bits per heavy atom. The molecule has 0 aliphatic carbocycles. The Bertz CT molecular complexity index is 1040. The van der Waals surface area contributed by atoms with Gasteiger partial charge in [0, 0.05) is 32.1 Å². The van der Waals surface area contributed by atoms with Crippen LogP contribution < -0.4 is 5.32 Å². The molecule has 0 bridgehead atoms. The minimum absolute atomic E-state index is 0.0300. The van der Waals surface area contributed by atoms with Gasteiger partial charge in [-0.25, -0.2) is 14.4 Å². The van der Waals surface area contributed by atoms with E-state index in [1.165, 1.54) is 31.0 Å². The smallest absolute Gasteiger partial charge is 0.412 e. The molecule has 1 amide bonds. The van der Waals surface area contributed by atoms with Crippen LogP contribution in [0.4, 0.5) is 10.5 Å². The second-order valence-electron chi connectivity index (χ2n) is 14.3. The fourth-order valence-corrected chi connectivity index (χ4v) is 5.79. The molecule has 0 spiro atoms. The van der Waals surface area contributed by atoms with Gasteiger partial charge in [-0.3, -0.25) is 5.32 Å². The SMILES string of the molecule is CC(C)(C)OC(=O)Nc1cc(C(=O)OCCCCCCCCOC2CCCCO2)cc(C(=O)OCCCCCCCCOC2CCCCO2)c1. The second kappa shape index (κ2) is 24.5. The predicted octanol–water partition coefficient (Wildman–Crippen LogP) is 9.11. The number of anilines is 1. The van der Waals surface area contributed by atoms with Crippen molar-refractivity contribution in [2.45, 2.75) is 155 Å². The lowest BCUT2D eigenvalue weighted by atomic mass is 10.1. The van der Waals surface area contributed by atoms with Crippen LogP contribution in [0.15, 0.2) is 18.2 Å². The zero-order chi connectivity index (χ0) is 35.9. The molecule has 0 radical (unpaired) electrons. The molecule has 1 aromatic carbocycles. The molecular weight excluding hydrogens is 642 g/mol. The van der Waals surface area contributed by atoms with Gasteiger partial charge in [0.25, 0.3) is 0 Å². The lowest BCUT2D eigenvalue weighted by Gasteiger charge is -2.22. The van der Waals surface area contributed by atoms with Crippen molar-refractivity contribution in [3.63, 3.8) is 0 Å². The van der Waals surface area contributed by atoms with Crippen molar-refractivity contribution < 1.29 is 47.5 Å². The highest BCUT2D eigenvalue weighted by atomic mass is 16.7. The van der Waals surface area contributed by atoms with Crippen LogP contribution in [0.1, 0.15) is 157 Å². The van der Waals surface area contributed by atoms with E-state index >= 15 is 0 Å². The van der Waals surface area contributed by atoms with Crippen molar-refractivity contribution in [1.82, 2.24) is 0 Å². The van der Waals surface area contributed by atoms with E-state index in [-0.39, 0.29) is 42.6 Å². The molecule has 284 valence electrons. The van der Waals surface area contributed by atoms with Gasteiger partial charge in [-0.05, 0) is 103 Å². The topological polar surface area (TPSA) is 128 Å². The first kappa shape index (κ1) is 41.7. The highest BCUT2D eigenvalue weighted by molar-refractivity contribution is 5.98. The molecule has 0 saturated carbocycles. The van der Waals surface area contributed by atoms with E-state index in [2.05, 4.69) is 5.32 Å². The van der Waals surface area contributed by atoms with Gasteiger partial charge in [0.15, 0.2) is 12.6 Å². The number of nitrogens with one attached hydrogen (secondary N) is 1. The van der Waals surface area contributed by atoms with Gasteiger partial charge < -0.3 is 33.2 Å². The van der Waals surface area contributed by atoms with Crippen LogP contribution in [0.3, 0.4) is 0 Å². The summed E-state index contributed by atoms with van der Waals surface area (Å²) < 4.78 is 39.2. The van der Waals surface area contributed by atoms with E-state index in [9.17, 15) is 14.4 Å². The Morgan fingerprint density at radius 3 is 1.44 bits per heavy atom. The number of carbonyl (C=O) groups is 3. The zero-order valence-electron chi connectivity index (χ0n) is 30.9. The van der Waals surface area contributed by atoms with Gasteiger partial charge in [-0.2, -0.15) is 0 Å². The molecule has 2 unspecified atom stereocenters. The molecule has 11 nitrogen and oxygen atoms in total. The lowest BCUT2D eigenvalue weighted by molar-refractivity contribution is -0.163. The van der Waals surface area contributed by atoms with Gasteiger partial charge >= 0.3 is 18.0 Å². The van der Waals surface area contributed by atoms with Crippen molar-refractivity contribution in [3.8, 4) is 0 Å². The standard InChI is InChI=1S/C39H63NO10/c1-39(2,3)50-38(43)40-33-29-31(36(41)48-26-16-10-6-4-8-14-22-44-34-20-12-18-24-46-34)28-32(30-33)37(42)49-27-17-11-7-5-9-15-23-45-35-21-13-19-25-47-35/h28-30,34-35H,4-27H2,1-3H3,(H,40,43). The minimum atomic E-state index is -0.711. The van der Waals surface area contributed by atoms with Gasteiger partial charge in [0.05, 0.1) is 24.3 Å². The number of rotatable bonds is 23. The molecule has 2 aliphatic heterocycles. The second-order valence-corrected chi connectivity index (χ2v) is 14.3. The lowest BCUT2D eigenvalue weighted by Crippen LogP contribution is -2.27. The van der Waals surface area contributed by atoms with Crippen molar-refractivity contribution in [3.05, 3.63) is 29.3 Å². The maximum absolute atomic E-state index is 13.0. The van der Waals surface area contributed by atoms with Gasteiger partial charge in [-0.1, -0.05) is 51.4 Å². The summed E-state index contributed by atoms with van der Waals surface area (Å²) in [4.78, 5) is 38.4. The third-order valence-corrected chi connectivity index (χ3v) is 8.48. The van der Waals surface area contributed by atoms with Gasteiger partial charge in [0.2, 0.25) is 0 Å². The molecular formula is C39H63NO10. The summed E-state index contributed by atoms with van der Waals surface area (Å²) in [5.41, 5.74) is -0.144. The quantitative estimate of drug-likeness (QED) is 0.0669. The third kappa shape index (κ3) is 19.0. The van der Waals surface area contributed by atoms with Gasteiger partial charge in [0.1, 0.15) is 5.60 Å². The van der Waals surface area contributed by atoms with Crippen LogP contribution in [0.5, 0.6) is 0 Å². The molecule has 11 heteroatoms. The monoisotopic (exact) mass is 705 g/mol. The summed E-state index contributed by atoms with van der Waals surface area (Å²) in [5, 5.41) is 2.63. The van der Waals surface area contributed by atoms with Crippen molar-refractivity contribution in [1.29, 1.82) is 0 Å². The number of esters is 2. The Balaban J connectivity index is 1.34. The summed E-state index contributed by atoms with van der Waals surface area (Å²) in [6.07, 6.45) is 17.7. The molecule has 2 atom stereocenters. The summed E-state index contributed by atoms with van der Waals surface area (Å²) in [7, 11) is 0. The average molecular weight is 706 g/mol. The van der Waals surface area contributed by atoms with Crippen LogP contribution in [-0.4, -0.2) is 75.9 Å². The average Bonchev–Trinajstić information content (AvgIpc) is 3.09. The first-order valence-electron chi connectivity index (χ1n) is 19.2. The first-order valence-corrected chi connectivity index (χ1v) is 19.2. The molecule has 2 aliphatic rings. The number of amides is 1. The van der Waals surface area contributed by atoms with Crippen LogP contribution in [0.25, 0.3) is 0 Å². The highest BCUT2D eigenvalue weighted by Crippen LogP contribution is 2.20. The molecule has 50 heavy (non-hydrogen) atoms. The number of hydrogen-bond donors (Lipinski definition) is 1. The molecule has 0 aromatic heterocycles. The van der Waals surface area contributed by atoms with E-state index in [0.717, 1.165) is 129 Å². The highest BCUT2D eigenvalue weighted by Gasteiger charge is 2.20. The van der Waals surface area contributed by atoms with Crippen molar-refractivity contribution >= 4 is 23.7 Å². The summed E-state index contributed by atoms with van der Waals surface area (Å²) in [5.74, 6) is -1.13. The molecule has 2 fully saturated rings. The van der Waals surface area contributed by atoms with E-state index in [0.29, 0.717) is 0 Å². The van der Waals surface area contributed by atoms with E-state index in [4.69, 9.17) is 33.2 Å². The Labute approximate surface area is 299 Å². The van der Waals surface area contributed by atoms with Crippen molar-refractivity contribution in [2.24, 2.45) is 0 Å². The van der Waals surface area contributed by atoms with Crippen molar-refractivity contribution in [2.75, 3.05) is 45.0 Å². The van der Waals surface area contributed by atoms with Crippen LogP contribution in [0, 0.1) is 0 Å². The Hall–Kier alpha value is -2.73. The third-order valence-electron chi connectivity index (χ3n) is 8.48. The van der Waals surface area contributed by atoms with E-state index in [1.54, 1.807) is 20.8 Å². The molecule has 2 heterocycles.